The minimum absolute atomic E-state index is 0.392. The first-order chi connectivity index (χ1) is 9.13. The van der Waals surface area contributed by atoms with Gasteiger partial charge in [-0.3, -0.25) is 9.59 Å². The first-order valence-electron chi connectivity index (χ1n) is 6.03. The van der Waals surface area contributed by atoms with E-state index in [1.807, 2.05) is 31.2 Å². The maximum atomic E-state index is 11.3. The van der Waals surface area contributed by atoms with Gasteiger partial charge in [0.1, 0.15) is 12.3 Å². The highest BCUT2D eigenvalue weighted by Gasteiger charge is 2.02. The molecule has 0 saturated carbocycles. The molecule has 0 saturated heterocycles. The Bertz CT molecular complexity index is 468. The van der Waals surface area contributed by atoms with Gasteiger partial charge in [0.2, 0.25) is 5.91 Å². The third-order valence-electron chi connectivity index (χ3n) is 2.21. The summed E-state index contributed by atoms with van der Waals surface area (Å²) in [6, 6.07) is 7.34. The van der Waals surface area contributed by atoms with E-state index in [4.69, 9.17) is 9.84 Å². The zero-order chi connectivity index (χ0) is 14.1. The van der Waals surface area contributed by atoms with Crippen LogP contribution in [0.5, 0.6) is 5.75 Å². The fraction of sp³-hybridized carbons (Fsp3) is 0.286. The minimum atomic E-state index is -1.08. The Morgan fingerprint density at radius 3 is 2.79 bits per heavy atom. The first kappa shape index (κ1) is 14.8. The molecule has 1 aromatic carbocycles. The van der Waals surface area contributed by atoms with Crippen LogP contribution in [0.1, 0.15) is 18.9 Å². The second-order valence-electron chi connectivity index (χ2n) is 3.83. The van der Waals surface area contributed by atoms with E-state index < -0.39 is 18.4 Å². The molecule has 0 heterocycles. The normalized spacial score (nSPS) is 10.4. The van der Waals surface area contributed by atoms with E-state index in [-0.39, 0.29) is 0 Å². The fourth-order valence-electron chi connectivity index (χ4n) is 1.35. The number of nitrogens with one attached hydrogen (secondary N) is 1. The second-order valence-corrected chi connectivity index (χ2v) is 3.83. The summed E-state index contributed by atoms with van der Waals surface area (Å²) < 4.78 is 5.54. The van der Waals surface area contributed by atoms with Crippen molar-refractivity contribution >= 4 is 18.0 Å². The van der Waals surface area contributed by atoms with E-state index in [1.54, 1.807) is 6.08 Å². The van der Waals surface area contributed by atoms with Gasteiger partial charge in [0.25, 0.3) is 0 Å². The van der Waals surface area contributed by atoms with E-state index in [0.717, 1.165) is 12.0 Å². The number of amides is 1. The van der Waals surface area contributed by atoms with Gasteiger partial charge in [-0.25, -0.2) is 0 Å². The summed E-state index contributed by atoms with van der Waals surface area (Å²) in [4.78, 5) is 21.6. The third-order valence-corrected chi connectivity index (χ3v) is 2.21. The Morgan fingerprint density at radius 2 is 2.11 bits per heavy atom. The number of carbonyl (C=O) groups excluding carboxylic acids is 1. The summed E-state index contributed by atoms with van der Waals surface area (Å²) in [6.45, 7) is 2.23. The van der Waals surface area contributed by atoms with E-state index in [9.17, 15) is 9.59 Å². The molecule has 0 unspecified atom stereocenters. The van der Waals surface area contributed by atoms with Gasteiger partial charge in [-0.1, -0.05) is 25.1 Å². The molecule has 0 aliphatic heterocycles. The number of carboxylic acid groups (broad SMARTS) is 1. The molecule has 0 fully saturated rings. The number of para-hydroxylation sites is 1. The van der Waals surface area contributed by atoms with Gasteiger partial charge >= 0.3 is 5.97 Å². The van der Waals surface area contributed by atoms with Crippen LogP contribution in [0, 0.1) is 0 Å². The van der Waals surface area contributed by atoms with Crippen molar-refractivity contribution in [3.63, 3.8) is 0 Å². The van der Waals surface area contributed by atoms with Crippen LogP contribution in [0.15, 0.2) is 30.3 Å². The third kappa shape index (κ3) is 5.72. The SMILES string of the molecule is CCCOc1ccccc1/C=C/C(=O)NCC(=O)O. The van der Waals surface area contributed by atoms with E-state index in [2.05, 4.69) is 5.32 Å². The molecular weight excluding hydrogens is 246 g/mol. The van der Waals surface area contributed by atoms with Crippen LogP contribution in [-0.2, 0) is 9.59 Å². The van der Waals surface area contributed by atoms with Gasteiger partial charge in [-0.2, -0.15) is 0 Å². The average Bonchev–Trinajstić information content (AvgIpc) is 2.41. The molecule has 0 aliphatic rings. The van der Waals surface area contributed by atoms with Gasteiger partial charge in [0.05, 0.1) is 6.61 Å². The lowest BCUT2D eigenvalue weighted by atomic mass is 10.2. The van der Waals surface area contributed by atoms with Crippen LogP contribution < -0.4 is 10.1 Å². The lowest BCUT2D eigenvalue weighted by Crippen LogP contribution is -2.27. The molecule has 1 rings (SSSR count). The fourth-order valence-corrected chi connectivity index (χ4v) is 1.35. The molecule has 1 amide bonds. The molecule has 5 heteroatoms. The summed E-state index contributed by atoms with van der Waals surface area (Å²) in [5.74, 6) is -0.826. The lowest BCUT2D eigenvalue weighted by Gasteiger charge is -2.07. The van der Waals surface area contributed by atoms with Crippen molar-refractivity contribution in [3.8, 4) is 5.75 Å². The van der Waals surface area contributed by atoms with E-state index in [0.29, 0.717) is 12.4 Å². The smallest absolute Gasteiger partial charge is 0.322 e. The summed E-state index contributed by atoms with van der Waals surface area (Å²) in [7, 11) is 0. The van der Waals surface area contributed by atoms with Gasteiger partial charge < -0.3 is 15.2 Å². The van der Waals surface area contributed by atoms with Gasteiger partial charge in [-0.15, -0.1) is 0 Å². The standard InChI is InChI=1S/C14H17NO4/c1-2-9-19-12-6-4-3-5-11(12)7-8-13(16)15-10-14(17)18/h3-8H,2,9-10H2,1H3,(H,15,16)(H,17,18)/b8-7+. The highest BCUT2D eigenvalue weighted by molar-refractivity contribution is 5.93. The quantitative estimate of drug-likeness (QED) is 0.734. The van der Waals surface area contributed by atoms with Crippen LogP contribution in [-0.4, -0.2) is 30.1 Å². The monoisotopic (exact) mass is 263 g/mol. The number of carboxylic acids is 1. The molecule has 0 atom stereocenters. The van der Waals surface area contributed by atoms with Crippen LogP contribution >= 0.6 is 0 Å². The summed E-state index contributed by atoms with van der Waals surface area (Å²) >= 11 is 0. The lowest BCUT2D eigenvalue weighted by molar-refractivity contribution is -0.137. The highest BCUT2D eigenvalue weighted by Crippen LogP contribution is 2.19. The Kier molecular flexibility index (Phi) is 6.15. The molecule has 0 radical (unpaired) electrons. The van der Waals surface area contributed by atoms with Crippen molar-refractivity contribution < 1.29 is 19.4 Å². The van der Waals surface area contributed by atoms with Crippen LogP contribution in [0.4, 0.5) is 0 Å². The number of rotatable bonds is 7. The van der Waals surface area contributed by atoms with E-state index in [1.165, 1.54) is 6.08 Å². The van der Waals surface area contributed by atoms with E-state index >= 15 is 0 Å². The first-order valence-corrected chi connectivity index (χ1v) is 6.03. The minimum Gasteiger partial charge on any atom is -0.493 e. The predicted octanol–water partition coefficient (Wildman–Crippen LogP) is 1.69. The predicted molar refractivity (Wildman–Crippen MR) is 71.9 cm³/mol. The molecular formula is C14H17NO4. The number of aliphatic carboxylic acids is 1. The Hall–Kier alpha value is -2.30. The van der Waals surface area contributed by atoms with Crippen molar-refractivity contribution in [2.75, 3.05) is 13.2 Å². The zero-order valence-corrected chi connectivity index (χ0v) is 10.8. The molecule has 1 aromatic rings. The summed E-state index contributed by atoms with van der Waals surface area (Å²) in [6.07, 6.45) is 3.79. The molecule has 5 nitrogen and oxygen atoms in total. The Labute approximate surface area is 111 Å². The van der Waals surface area contributed by atoms with Gasteiger partial charge in [0.15, 0.2) is 0 Å². The maximum absolute atomic E-state index is 11.3. The number of hydrogen-bond acceptors (Lipinski definition) is 3. The van der Waals surface area contributed by atoms with Crippen LogP contribution in [0.25, 0.3) is 6.08 Å². The Balaban J connectivity index is 2.64. The van der Waals surface area contributed by atoms with Crippen molar-refractivity contribution in [3.05, 3.63) is 35.9 Å². The van der Waals surface area contributed by atoms with Crippen LogP contribution in [0.2, 0.25) is 0 Å². The van der Waals surface area contributed by atoms with Crippen LogP contribution in [0.3, 0.4) is 0 Å². The molecule has 19 heavy (non-hydrogen) atoms. The second kappa shape index (κ2) is 7.92. The van der Waals surface area contributed by atoms with Crippen molar-refractivity contribution in [2.45, 2.75) is 13.3 Å². The molecule has 0 bridgehead atoms. The van der Waals surface area contributed by atoms with Crippen molar-refractivity contribution in [2.24, 2.45) is 0 Å². The largest absolute Gasteiger partial charge is 0.493 e. The average molecular weight is 263 g/mol. The number of hydrogen-bond donors (Lipinski definition) is 2. The molecule has 2 N–H and O–H groups in total. The van der Waals surface area contributed by atoms with Crippen molar-refractivity contribution in [1.29, 1.82) is 0 Å². The van der Waals surface area contributed by atoms with Gasteiger partial charge in [0, 0.05) is 11.6 Å². The summed E-state index contributed by atoms with van der Waals surface area (Å²) in [5, 5.41) is 10.7. The summed E-state index contributed by atoms with van der Waals surface area (Å²) in [5.41, 5.74) is 0.779. The molecule has 102 valence electrons. The number of ether oxygens (including phenoxy) is 1. The molecule has 0 spiro atoms. The zero-order valence-electron chi connectivity index (χ0n) is 10.8. The number of carbonyl (C=O) groups is 2. The van der Waals surface area contributed by atoms with Crippen molar-refractivity contribution in [1.82, 2.24) is 5.32 Å². The molecule has 0 aliphatic carbocycles. The Morgan fingerprint density at radius 1 is 1.37 bits per heavy atom. The number of benzene rings is 1. The van der Waals surface area contributed by atoms with Gasteiger partial charge in [-0.05, 0) is 18.6 Å². The topological polar surface area (TPSA) is 75.6 Å². The highest BCUT2D eigenvalue weighted by atomic mass is 16.5. The maximum Gasteiger partial charge on any atom is 0.322 e. The molecule has 0 aromatic heterocycles.